The Balaban J connectivity index is 1.73. The second kappa shape index (κ2) is 9.16. The van der Waals surface area contributed by atoms with Gasteiger partial charge in [-0.05, 0) is 47.8 Å². The molecular formula is C24H32N2O3Si. The maximum atomic E-state index is 11.9. The molecule has 0 saturated carbocycles. The minimum Gasteiger partial charge on any atom is -0.487 e. The van der Waals surface area contributed by atoms with Crippen molar-refractivity contribution in [2.24, 2.45) is 0 Å². The number of aromatic amines is 1. The van der Waals surface area contributed by atoms with Gasteiger partial charge in [0.1, 0.15) is 12.4 Å². The van der Waals surface area contributed by atoms with Gasteiger partial charge in [0, 0.05) is 17.6 Å². The summed E-state index contributed by atoms with van der Waals surface area (Å²) in [5.74, 6) is 0.673. The molecule has 0 spiro atoms. The van der Waals surface area contributed by atoms with E-state index in [1.165, 1.54) is 0 Å². The highest BCUT2D eigenvalue weighted by atomic mass is 28.4. The van der Waals surface area contributed by atoms with Gasteiger partial charge in [-0.2, -0.15) is 0 Å². The van der Waals surface area contributed by atoms with Crippen LogP contribution < -0.4 is 15.6 Å². The van der Waals surface area contributed by atoms with E-state index in [0.717, 1.165) is 35.0 Å². The number of hydrogen-bond acceptors (Lipinski definition) is 4. The fourth-order valence-electron chi connectivity index (χ4n) is 3.18. The van der Waals surface area contributed by atoms with Crippen LogP contribution in [0, 0.1) is 0 Å². The Morgan fingerprint density at radius 3 is 2.50 bits per heavy atom. The second-order valence-corrected chi connectivity index (χ2v) is 13.5. The zero-order valence-electron chi connectivity index (χ0n) is 18.3. The van der Waals surface area contributed by atoms with E-state index in [0.29, 0.717) is 18.5 Å². The van der Waals surface area contributed by atoms with Crippen molar-refractivity contribution in [3.63, 3.8) is 0 Å². The van der Waals surface area contributed by atoms with Gasteiger partial charge in [0.2, 0.25) is 13.9 Å². The molecular weight excluding hydrogens is 392 g/mol. The van der Waals surface area contributed by atoms with E-state index >= 15 is 0 Å². The van der Waals surface area contributed by atoms with Gasteiger partial charge in [0.05, 0.1) is 5.52 Å². The number of pyridine rings is 1. The van der Waals surface area contributed by atoms with E-state index < -0.39 is 8.32 Å². The van der Waals surface area contributed by atoms with Crippen LogP contribution in [0.15, 0.2) is 59.4 Å². The first-order valence-electron chi connectivity index (χ1n) is 10.4. The maximum absolute atomic E-state index is 11.9. The van der Waals surface area contributed by atoms with Crippen LogP contribution in [0.3, 0.4) is 0 Å². The molecule has 0 radical (unpaired) electrons. The van der Waals surface area contributed by atoms with Gasteiger partial charge in [0.15, 0.2) is 0 Å². The maximum Gasteiger partial charge on any atom is 0.248 e. The molecule has 0 amide bonds. The number of nitrogens with one attached hydrogen (secondary N) is 2. The Bertz CT molecular complexity index is 1040. The van der Waals surface area contributed by atoms with E-state index in [9.17, 15) is 9.59 Å². The van der Waals surface area contributed by atoms with Crippen molar-refractivity contribution in [1.82, 2.24) is 10.3 Å². The second-order valence-electron chi connectivity index (χ2n) is 9.06. The quantitative estimate of drug-likeness (QED) is 0.375. The average Bonchev–Trinajstić information content (AvgIpc) is 2.70. The predicted octanol–water partition coefficient (Wildman–Crippen LogP) is 4.15. The van der Waals surface area contributed by atoms with Crippen molar-refractivity contribution in [2.75, 3.05) is 12.7 Å². The monoisotopic (exact) mass is 424 g/mol. The molecule has 0 saturated heterocycles. The molecule has 3 N–H and O–H groups in total. The van der Waals surface area contributed by atoms with Crippen LogP contribution in [0.1, 0.15) is 31.9 Å². The lowest BCUT2D eigenvalue weighted by molar-refractivity contribution is 0.309. The molecule has 30 heavy (non-hydrogen) atoms. The van der Waals surface area contributed by atoms with Gasteiger partial charge in [-0.25, -0.2) is 0 Å². The lowest BCUT2D eigenvalue weighted by Crippen LogP contribution is -2.50. The SMILES string of the molecule is CC(C)(C)[Si](C)(O)CNCCc1ccc(OCc2ccccc2)c2[nH]c(=O)ccc12. The smallest absolute Gasteiger partial charge is 0.248 e. The lowest BCUT2D eigenvalue weighted by atomic mass is 10.0. The summed E-state index contributed by atoms with van der Waals surface area (Å²) in [5, 5.41) is 4.35. The Morgan fingerprint density at radius 2 is 1.80 bits per heavy atom. The average molecular weight is 425 g/mol. The number of H-pyrrole nitrogens is 1. The summed E-state index contributed by atoms with van der Waals surface area (Å²) in [7, 11) is -2.33. The first kappa shape index (κ1) is 22.3. The van der Waals surface area contributed by atoms with E-state index in [-0.39, 0.29) is 10.6 Å². The molecule has 1 heterocycles. The van der Waals surface area contributed by atoms with Crippen LogP contribution in [0.4, 0.5) is 0 Å². The van der Waals surface area contributed by atoms with Crippen molar-refractivity contribution in [3.05, 3.63) is 76.1 Å². The third-order valence-electron chi connectivity index (χ3n) is 5.84. The van der Waals surface area contributed by atoms with Gasteiger partial charge >= 0.3 is 0 Å². The zero-order chi connectivity index (χ0) is 21.8. The Morgan fingerprint density at radius 1 is 1.07 bits per heavy atom. The van der Waals surface area contributed by atoms with E-state index in [1.807, 2.05) is 49.0 Å². The van der Waals surface area contributed by atoms with Crippen LogP contribution in [0.25, 0.3) is 10.9 Å². The van der Waals surface area contributed by atoms with Crippen LogP contribution in [0.5, 0.6) is 5.75 Å². The number of rotatable bonds is 8. The summed E-state index contributed by atoms with van der Waals surface area (Å²) in [6.45, 7) is 9.49. The molecule has 0 aliphatic heterocycles. The molecule has 3 rings (SSSR count). The molecule has 0 bridgehead atoms. The number of aromatic nitrogens is 1. The summed E-state index contributed by atoms with van der Waals surface area (Å²) in [5.41, 5.74) is 2.80. The molecule has 0 fully saturated rings. The van der Waals surface area contributed by atoms with Gasteiger partial charge < -0.3 is 19.8 Å². The topological polar surface area (TPSA) is 74.3 Å². The van der Waals surface area contributed by atoms with Crippen molar-refractivity contribution in [2.45, 2.75) is 45.4 Å². The van der Waals surface area contributed by atoms with Crippen molar-refractivity contribution in [3.8, 4) is 5.75 Å². The molecule has 6 heteroatoms. The highest BCUT2D eigenvalue weighted by Gasteiger charge is 2.38. The highest BCUT2D eigenvalue weighted by molar-refractivity contribution is 6.74. The van der Waals surface area contributed by atoms with E-state index in [2.05, 4.69) is 37.1 Å². The molecule has 0 aliphatic rings. The van der Waals surface area contributed by atoms with Crippen molar-refractivity contribution in [1.29, 1.82) is 0 Å². The molecule has 3 aromatic rings. The zero-order valence-corrected chi connectivity index (χ0v) is 19.3. The molecule has 1 unspecified atom stereocenters. The van der Waals surface area contributed by atoms with Crippen molar-refractivity contribution < 1.29 is 9.53 Å². The summed E-state index contributed by atoms with van der Waals surface area (Å²) in [4.78, 5) is 25.6. The van der Waals surface area contributed by atoms with Gasteiger partial charge in [-0.3, -0.25) is 4.79 Å². The Hall–Kier alpha value is -2.41. The first-order valence-corrected chi connectivity index (χ1v) is 13.1. The third kappa shape index (κ3) is 5.39. The Labute approximate surface area is 179 Å². The van der Waals surface area contributed by atoms with Crippen LogP contribution in [0.2, 0.25) is 11.6 Å². The normalized spacial score (nSPS) is 13.9. The van der Waals surface area contributed by atoms with Crippen LogP contribution in [-0.2, 0) is 13.0 Å². The van der Waals surface area contributed by atoms with E-state index in [4.69, 9.17) is 4.74 Å². The minimum atomic E-state index is -2.33. The fraction of sp³-hybridized carbons (Fsp3) is 0.375. The highest BCUT2D eigenvalue weighted by Crippen LogP contribution is 2.33. The summed E-state index contributed by atoms with van der Waals surface area (Å²) in [6, 6.07) is 17.4. The van der Waals surface area contributed by atoms with Gasteiger partial charge in [-0.1, -0.05) is 57.2 Å². The van der Waals surface area contributed by atoms with Crippen LogP contribution >= 0.6 is 0 Å². The summed E-state index contributed by atoms with van der Waals surface area (Å²) >= 11 is 0. The molecule has 160 valence electrons. The first-order chi connectivity index (χ1) is 14.2. The molecule has 2 aromatic carbocycles. The number of hydrogen-bond donors (Lipinski definition) is 3. The van der Waals surface area contributed by atoms with Crippen LogP contribution in [-0.4, -0.2) is 30.8 Å². The van der Waals surface area contributed by atoms with Crippen molar-refractivity contribution >= 4 is 19.2 Å². The Kier molecular flexibility index (Phi) is 6.80. The third-order valence-corrected chi connectivity index (χ3v) is 10.0. The standard InChI is InChI=1S/C24H32N2O3Si/c1-24(2,3)30(4,28)17-25-15-14-19-10-12-21(23-20(19)11-13-22(27)26-23)29-16-18-8-6-5-7-9-18/h5-13,25,28H,14-17H2,1-4H3,(H,26,27). The molecule has 1 aromatic heterocycles. The predicted molar refractivity (Wildman–Crippen MR) is 125 cm³/mol. The summed E-state index contributed by atoms with van der Waals surface area (Å²) < 4.78 is 6.01. The lowest BCUT2D eigenvalue weighted by Gasteiger charge is -2.34. The fourth-order valence-corrected chi connectivity index (χ4v) is 4.37. The molecule has 5 nitrogen and oxygen atoms in total. The van der Waals surface area contributed by atoms with Gasteiger partial charge in [-0.15, -0.1) is 0 Å². The summed E-state index contributed by atoms with van der Waals surface area (Å²) in [6.07, 6.45) is 1.46. The van der Waals surface area contributed by atoms with Gasteiger partial charge in [0.25, 0.3) is 0 Å². The number of ether oxygens (including phenoxy) is 1. The molecule has 0 aliphatic carbocycles. The molecule has 1 atom stereocenters. The number of benzene rings is 2. The largest absolute Gasteiger partial charge is 0.487 e. The number of fused-ring (bicyclic) bond motifs is 1. The van der Waals surface area contributed by atoms with E-state index in [1.54, 1.807) is 6.07 Å². The minimum absolute atomic E-state index is 0.0656.